The second-order valence-corrected chi connectivity index (χ2v) is 7.78. The van der Waals surface area contributed by atoms with Crippen LogP contribution in [0.1, 0.15) is 16.7 Å². The first kappa shape index (κ1) is 23.7. The summed E-state index contributed by atoms with van der Waals surface area (Å²) >= 11 is 0. The molecule has 0 radical (unpaired) electrons. The van der Waals surface area contributed by atoms with Crippen LogP contribution in [-0.2, 0) is 13.1 Å². The van der Waals surface area contributed by atoms with Gasteiger partial charge >= 0.3 is 0 Å². The molecule has 1 aliphatic heterocycles. The van der Waals surface area contributed by atoms with E-state index in [0.717, 1.165) is 49.8 Å². The number of rotatable bonds is 7. The van der Waals surface area contributed by atoms with Gasteiger partial charge in [-0.05, 0) is 41.8 Å². The zero-order valence-corrected chi connectivity index (χ0v) is 19.6. The number of ether oxygens (including phenoxy) is 3. The summed E-state index contributed by atoms with van der Waals surface area (Å²) in [4.78, 5) is 9.03. The van der Waals surface area contributed by atoms with Crippen molar-refractivity contribution >= 4 is 5.96 Å². The van der Waals surface area contributed by atoms with Crippen LogP contribution in [0, 0.1) is 12.7 Å². The van der Waals surface area contributed by atoms with E-state index in [1.807, 2.05) is 18.2 Å². The standard InChI is InChI=1S/C24H33FN4O3/c1-17-6-7-18(12-20(17)25)15-27-24(26-2)29-10-8-28(9-11-29)16-19-13-21(30-3)23(32-5)22(14-19)31-4/h6-7,12-14H,8-11,15-16H2,1-5H3,(H,26,27). The highest BCUT2D eigenvalue weighted by atomic mass is 19.1. The third kappa shape index (κ3) is 5.62. The van der Waals surface area contributed by atoms with Crippen molar-refractivity contribution in [1.29, 1.82) is 0 Å². The molecule has 174 valence electrons. The van der Waals surface area contributed by atoms with Crippen molar-refractivity contribution < 1.29 is 18.6 Å². The molecule has 32 heavy (non-hydrogen) atoms. The maximum atomic E-state index is 13.8. The van der Waals surface area contributed by atoms with Gasteiger partial charge < -0.3 is 24.4 Å². The lowest BCUT2D eigenvalue weighted by Gasteiger charge is -2.36. The first-order chi connectivity index (χ1) is 15.5. The maximum Gasteiger partial charge on any atom is 0.203 e. The number of nitrogens with one attached hydrogen (secondary N) is 1. The molecule has 1 aliphatic rings. The fourth-order valence-corrected chi connectivity index (χ4v) is 3.86. The predicted octanol–water partition coefficient (Wildman–Crippen LogP) is 3.05. The van der Waals surface area contributed by atoms with E-state index in [2.05, 4.69) is 20.1 Å². The van der Waals surface area contributed by atoms with E-state index in [1.165, 1.54) is 0 Å². The molecule has 1 saturated heterocycles. The molecule has 1 N–H and O–H groups in total. The van der Waals surface area contributed by atoms with Crippen molar-refractivity contribution in [1.82, 2.24) is 15.1 Å². The molecule has 2 aromatic carbocycles. The minimum absolute atomic E-state index is 0.181. The first-order valence-electron chi connectivity index (χ1n) is 10.7. The third-order valence-corrected chi connectivity index (χ3v) is 5.70. The molecule has 1 fully saturated rings. The Labute approximate surface area is 189 Å². The van der Waals surface area contributed by atoms with Gasteiger partial charge in [-0.15, -0.1) is 0 Å². The highest BCUT2D eigenvalue weighted by Crippen LogP contribution is 2.38. The molecule has 0 spiro atoms. The Morgan fingerprint density at radius 2 is 1.62 bits per heavy atom. The number of piperazine rings is 1. The van der Waals surface area contributed by atoms with Crippen LogP contribution in [0.5, 0.6) is 17.2 Å². The second-order valence-electron chi connectivity index (χ2n) is 7.78. The minimum Gasteiger partial charge on any atom is -0.493 e. The van der Waals surface area contributed by atoms with Crippen LogP contribution in [0.15, 0.2) is 35.3 Å². The van der Waals surface area contributed by atoms with Crippen LogP contribution >= 0.6 is 0 Å². The Hall–Kier alpha value is -3.00. The van der Waals surface area contributed by atoms with E-state index in [1.54, 1.807) is 47.4 Å². The second kappa shape index (κ2) is 11.0. The van der Waals surface area contributed by atoms with Crippen molar-refractivity contribution in [3.8, 4) is 17.2 Å². The predicted molar refractivity (Wildman–Crippen MR) is 124 cm³/mol. The van der Waals surface area contributed by atoms with E-state index >= 15 is 0 Å². The normalized spacial score (nSPS) is 14.9. The number of halogens is 1. The van der Waals surface area contributed by atoms with E-state index in [0.29, 0.717) is 29.4 Å². The topological polar surface area (TPSA) is 58.6 Å². The van der Waals surface area contributed by atoms with Crippen molar-refractivity contribution in [3.63, 3.8) is 0 Å². The van der Waals surface area contributed by atoms with Gasteiger partial charge in [0.15, 0.2) is 17.5 Å². The molecule has 0 aliphatic carbocycles. The van der Waals surface area contributed by atoms with E-state index < -0.39 is 0 Å². The molecular weight excluding hydrogens is 411 g/mol. The molecular formula is C24H33FN4O3. The lowest BCUT2D eigenvalue weighted by Crippen LogP contribution is -2.52. The van der Waals surface area contributed by atoms with Crippen LogP contribution in [0.2, 0.25) is 0 Å². The molecule has 0 atom stereocenters. The Kier molecular flexibility index (Phi) is 8.16. The number of aryl methyl sites for hydroxylation is 1. The zero-order chi connectivity index (χ0) is 23.1. The van der Waals surface area contributed by atoms with Crippen molar-refractivity contribution in [2.75, 3.05) is 54.6 Å². The third-order valence-electron chi connectivity index (χ3n) is 5.70. The molecule has 1 heterocycles. The molecule has 0 unspecified atom stereocenters. The maximum absolute atomic E-state index is 13.8. The Morgan fingerprint density at radius 3 is 2.16 bits per heavy atom. The molecule has 0 amide bonds. The first-order valence-corrected chi connectivity index (χ1v) is 10.7. The van der Waals surface area contributed by atoms with Crippen LogP contribution in [0.3, 0.4) is 0 Å². The summed E-state index contributed by atoms with van der Waals surface area (Å²) in [5, 5.41) is 3.35. The van der Waals surface area contributed by atoms with Gasteiger partial charge in [0.2, 0.25) is 5.75 Å². The number of nitrogens with zero attached hydrogens (tertiary/aromatic N) is 3. The van der Waals surface area contributed by atoms with Gasteiger partial charge in [0, 0.05) is 46.3 Å². The summed E-state index contributed by atoms with van der Waals surface area (Å²) in [6.07, 6.45) is 0. The van der Waals surface area contributed by atoms with Gasteiger partial charge in [0.25, 0.3) is 0 Å². The zero-order valence-electron chi connectivity index (χ0n) is 19.6. The monoisotopic (exact) mass is 444 g/mol. The highest BCUT2D eigenvalue weighted by Gasteiger charge is 2.21. The largest absolute Gasteiger partial charge is 0.493 e. The van der Waals surface area contributed by atoms with Crippen LogP contribution < -0.4 is 19.5 Å². The lowest BCUT2D eigenvalue weighted by atomic mass is 10.1. The van der Waals surface area contributed by atoms with Crippen molar-refractivity contribution in [2.24, 2.45) is 4.99 Å². The number of benzene rings is 2. The fraction of sp³-hybridized carbons (Fsp3) is 0.458. The van der Waals surface area contributed by atoms with Gasteiger partial charge in [-0.1, -0.05) is 12.1 Å². The van der Waals surface area contributed by atoms with Crippen LogP contribution in [-0.4, -0.2) is 70.3 Å². The summed E-state index contributed by atoms with van der Waals surface area (Å²) < 4.78 is 30.2. The summed E-state index contributed by atoms with van der Waals surface area (Å²) in [5.41, 5.74) is 2.66. The number of aliphatic imine (C=N–C) groups is 1. The average molecular weight is 445 g/mol. The van der Waals surface area contributed by atoms with Crippen molar-refractivity contribution in [2.45, 2.75) is 20.0 Å². The minimum atomic E-state index is -0.181. The van der Waals surface area contributed by atoms with E-state index in [-0.39, 0.29) is 5.82 Å². The Bertz CT molecular complexity index is 918. The SMILES string of the molecule is CN=C(NCc1ccc(C)c(F)c1)N1CCN(Cc2cc(OC)c(OC)c(OC)c2)CC1. The molecule has 0 aromatic heterocycles. The summed E-state index contributed by atoms with van der Waals surface area (Å²) in [7, 11) is 6.64. The molecule has 7 nitrogen and oxygen atoms in total. The number of hydrogen-bond acceptors (Lipinski definition) is 5. The van der Waals surface area contributed by atoms with Gasteiger partial charge in [-0.25, -0.2) is 4.39 Å². The summed E-state index contributed by atoms with van der Waals surface area (Å²) in [6.45, 7) is 6.60. The summed E-state index contributed by atoms with van der Waals surface area (Å²) in [6, 6.07) is 9.31. The Balaban J connectivity index is 1.56. The summed E-state index contributed by atoms with van der Waals surface area (Å²) in [5.74, 6) is 2.58. The van der Waals surface area contributed by atoms with E-state index in [9.17, 15) is 4.39 Å². The van der Waals surface area contributed by atoms with Crippen LogP contribution in [0.4, 0.5) is 4.39 Å². The highest BCUT2D eigenvalue weighted by molar-refractivity contribution is 5.80. The lowest BCUT2D eigenvalue weighted by molar-refractivity contribution is 0.172. The van der Waals surface area contributed by atoms with E-state index in [4.69, 9.17) is 14.2 Å². The Morgan fingerprint density at radius 1 is 0.969 bits per heavy atom. The fourth-order valence-electron chi connectivity index (χ4n) is 3.86. The van der Waals surface area contributed by atoms with Crippen molar-refractivity contribution in [3.05, 3.63) is 52.8 Å². The van der Waals surface area contributed by atoms with Gasteiger partial charge in [-0.2, -0.15) is 0 Å². The molecule has 2 aromatic rings. The smallest absolute Gasteiger partial charge is 0.203 e. The number of methoxy groups -OCH3 is 3. The number of hydrogen-bond donors (Lipinski definition) is 1. The molecule has 0 bridgehead atoms. The molecule has 8 heteroatoms. The van der Waals surface area contributed by atoms with Gasteiger partial charge in [0.1, 0.15) is 5.82 Å². The molecule has 0 saturated carbocycles. The molecule has 3 rings (SSSR count). The number of guanidine groups is 1. The quantitative estimate of drug-likeness (QED) is 0.523. The average Bonchev–Trinajstić information content (AvgIpc) is 2.81. The van der Waals surface area contributed by atoms with Crippen LogP contribution in [0.25, 0.3) is 0 Å². The van der Waals surface area contributed by atoms with Gasteiger partial charge in [-0.3, -0.25) is 9.89 Å². The van der Waals surface area contributed by atoms with Gasteiger partial charge in [0.05, 0.1) is 21.3 Å².